The van der Waals surface area contributed by atoms with Gasteiger partial charge >= 0.3 is 0 Å². The molecular formula is C10H17N3O. The largest absolute Gasteiger partial charge is 0.396 e. The highest BCUT2D eigenvalue weighted by Crippen LogP contribution is 1.95. The van der Waals surface area contributed by atoms with E-state index < -0.39 is 0 Å². The maximum absolute atomic E-state index is 8.81. The van der Waals surface area contributed by atoms with E-state index >= 15 is 0 Å². The lowest BCUT2D eigenvalue weighted by Crippen LogP contribution is -2.23. The Balaban J connectivity index is 2.31. The monoisotopic (exact) mass is 195 g/mol. The van der Waals surface area contributed by atoms with Gasteiger partial charge in [-0.15, -0.1) is 0 Å². The van der Waals surface area contributed by atoms with E-state index in [0.29, 0.717) is 0 Å². The van der Waals surface area contributed by atoms with Crippen LogP contribution in [0.25, 0.3) is 0 Å². The highest BCUT2D eigenvalue weighted by Gasteiger charge is 1.99. The Morgan fingerprint density at radius 2 is 2.36 bits per heavy atom. The summed E-state index contributed by atoms with van der Waals surface area (Å²) >= 11 is 0. The van der Waals surface area contributed by atoms with Crippen LogP contribution in [-0.4, -0.2) is 28.2 Å². The van der Waals surface area contributed by atoms with Gasteiger partial charge in [-0.25, -0.2) is 9.97 Å². The quantitative estimate of drug-likeness (QED) is 0.718. The Labute approximate surface area is 84.4 Å². The van der Waals surface area contributed by atoms with E-state index in [4.69, 9.17) is 5.11 Å². The van der Waals surface area contributed by atoms with Crippen molar-refractivity contribution >= 4 is 0 Å². The van der Waals surface area contributed by atoms with E-state index in [2.05, 4.69) is 15.3 Å². The summed E-state index contributed by atoms with van der Waals surface area (Å²) in [7, 11) is 0. The standard InChI is InChI=1S/C10H17N3O/c1-8(7-14)5-11-6-10-3-4-12-9(2)13-10/h3-4,8,11,14H,5-7H2,1-2H3. The van der Waals surface area contributed by atoms with E-state index in [0.717, 1.165) is 24.6 Å². The maximum atomic E-state index is 8.81. The topological polar surface area (TPSA) is 58.0 Å². The number of aliphatic hydroxyl groups excluding tert-OH is 1. The van der Waals surface area contributed by atoms with Gasteiger partial charge in [0.25, 0.3) is 0 Å². The predicted octanol–water partition coefficient (Wildman–Crippen LogP) is 0.503. The molecule has 0 fully saturated rings. The average molecular weight is 195 g/mol. The summed E-state index contributed by atoms with van der Waals surface area (Å²) in [5.74, 6) is 1.08. The lowest BCUT2D eigenvalue weighted by Gasteiger charge is -2.08. The summed E-state index contributed by atoms with van der Waals surface area (Å²) in [5.41, 5.74) is 0.989. The average Bonchev–Trinajstić information content (AvgIpc) is 2.17. The molecule has 78 valence electrons. The molecule has 1 atom stereocenters. The van der Waals surface area contributed by atoms with Crippen molar-refractivity contribution in [2.24, 2.45) is 5.92 Å². The number of nitrogens with one attached hydrogen (secondary N) is 1. The van der Waals surface area contributed by atoms with Crippen LogP contribution in [-0.2, 0) is 6.54 Å². The summed E-state index contributed by atoms with van der Waals surface area (Å²) in [6.07, 6.45) is 1.76. The van der Waals surface area contributed by atoms with Gasteiger partial charge in [-0.3, -0.25) is 0 Å². The molecule has 14 heavy (non-hydrogen) atoms. The summed E-state index contributed by atoms with van der Waals surface area (Å²) in [6, 6.07) is 1.89. The number of hydrogen-bond donors (Lipinski definition) is 2. The molecule has 0 aliphatic rings. The first-order chi connectivity index (χ1) is 6.72. The van der Waals surface area contributed by atoms with Gasteiger partial charge in [-0.2, -0.15) is 0 Å². The number of aryl methyl sites for hydroxylation is 1. The molecule has 1 aromatic heterocycles. The molecule has 4 heteroatoms. The number of nitrogens with zero attached hydrogens (tertiary/aromatic N) is 2. The molecule has 0 bridgehead atoms. The molecule has 0 saturated heterocycles. The third kappa shape index (κ3) is 3.81. The van der Waals surface area contributed by atoms with Gasteiger partial charge in [-0.1, -0.05) is 6.92 Å². The molecule has 1 aromatic rings. The van der Waals surface area contributed by atoms with Crippen LogP contribution in [0.2, 0.25) is 0 Å². The molecule has 0 aromatic carbocycles. The second kappa shape index (κ2) is 5.67. The highest BCUT2D eigenvalue weighted by atomic mass is 16.3. The van der Waals surface area contributed by atoms with E-state index in [1.54, 1.807) is 6.20 Å². The molecule has 0 aliphatic carbocycles. The Kier molecular flexibility index (Phi) is 4.49. The third-order valence-electron chi connectivity index (χ3n) is 1.94. The fraction of sp³-hybridized carbons (Fsp3) is 0.600. The van der Waals surface area contributed by atoms with Crippen LogP contribution in [0.3, 0.4) is 0 Å². The zero-order valence-electron chi connectivity index (χ0n) is 8.70. The highest BCUT2D eigenvalue weighted by molar-refractivity contribution is 5.00. The van der Waals surface area contributed by atoms with Gasteiger partial charge in [0.2, 0.25) is 0 Å². The Bertz CT molecular complexity index is 278. The first-order valence-electron chi connectivity index (χ1n) is 4.82. The molecule has 0 amide bonds. The predicted molar refractivity (Wildman–Crippen MR) is 54.7 cm³/mol. The van der Waals surface area contributed by atoms with Crippen molar-refractivity contribution in [3.63, 3.8) is 0 Å². The lowest BCUT2D eigenvalue weighted by molar-refractivity contribution is 0.233. The molecule has 0 aliphatic heterocycles. The van der Waals surface area contributed by atoms with Crippen molar-refractivity contribution in [2.45, 2.75) is 20.4 Å². The van der Waals surface area contributed by atoms with Gasteiger partial charge in [0.15, 0.2) is 0 Å². The Hall–Kier alpha value is -1.00. The summed E-state index contributed by atoms with van der Waals surface area (Å²) in [4.78, 5) is 8.28. The maximum Gasteiger partial charge on any atom is 0.125 e. The lowest BCUT2D eigenvalue weighted by atomic mass is 10.2. The van der Waals surface area contributed by atoms with Crippen molar-refractivity contribution in [1.29, 1.82) is 0 Å². The molecular weight excluding hydrogens is 178 g/mol. The van der Waals surface area contributed by atoms with Crippen LogP contribution in [0.15, 0.2) is 12.3 Å². The van der Waals surface area contributed by atoms with Crippen LogP contribution in [0, 0.1) is 12.8 Å². The van der Waals surface area contributed by atoms with E-state index in [1.165, 1.54) is 0 Å². The second-order valence-corrected chi connectivity index (χ2v) is 3.51. The normalized spacial score (nSPS) is 12.8. The molecule has 0 saturated carbocycles. The zero-order chi connectivity index (χ0) is 10.4. The van der Waals surface area contributed by atoms with Crippen LogP contribution in [0.4, 0.5) is 0 Å². The van der Waals surface area contributed by atoms with Crippen LogP contribution in [0.5, 0.6) is 0 Å². The number of aromatic nitrogens is 2. The van der Waals surface area contributed by atoms with Gasteiger partial charge in [0.05, 0.1) is 5.69 Å². The van der Waals surface area contributed by atoms with Crippen molar-refractivity contribution in [3.8, 4) is 0 Å². The fourth-order valence-corrected chi connectivity index (χ4v) is 1.11. The zero-order valence-corrected chi connectivity index (χ0v) is 8.70. The molecule has 1 rings (SSSR count). The van der Waals surface area contributed by atoms with Crippen LogP contribution < -0.4 is 5.32 Å². The minimum absolute atomic E-state index is 0.218. The Morgan fingerprint density at radius 3 is 3.00 bits per heavy atom. The van der Waals surface area contributed by atoms with Gasteiger partial charge in [0, 0.05) is 25.9 Å². The molecule has 0 radical (unpaired) electrons. The van der Waals surface area contributed by atoms with E-state index in [9.17, 15) is 0 Å². The molecule has 4 nitrogen and oxygen atoms in total. The first kappa shape index (κ1) is 11.1. The SMILES string of the molecule is Cc1nccc(CNCC(C)CO)n1. The molecule has 0 spiro atoms. The van der Waals surface area contributed by atoms with Gasteiger partial charge in [-0.05, 0) is 18.9 Å². The molecule has 2 N–H and O–H groups in total. The second-order valence-electron chi connectivity index (χ2n) is 3.51. The molecule has 1 unspecified atom stereocenters. The van der Waals surface area contributed by atoms with Crippen molar-refractivity contribution in [3.05, 3.63) is 23.8 Å². The summed E-state index contributed by atoms with van der Waals surface area (Å²) in [5, 5.41) is 12.0. The first-order valence-corrected chi connectivity index (χ1v) is 4.82. The van der Waals surface area contributed by atoms with Gasteiger partial charge < -0.3 is 10.4 Å². The van der Waals surface area contributed by atoms with E-state index in [1.807, 2.05) is 19.9 Å². The molecule has 1 heterocycles. The smallest absolute Gasteiger partial charge is 0.125 e. The van der Waals surface area contributed by atoms with Crippen LogP contribution >= 0.6 is 0 Å². The van der Waals surface area contributed by atoms with Crippen molar-refractivity contribution < 1.29 is 5.11 Å². The fourth-order valence-electron chi connectivity index (χ4n) is 1.11. The van der Waals surface area contributed by atoms with Gasteiger partial charge in [0.1, 0.15) is 5.82 Å². The minimum Gasteiger partial charge on any atom is -0.396 e. The number of rotatable bonds is 5. The van der Waals surface area contributed by atoms with Crippen molar-refractivity contribution in [2.75, 3.05) is 13.2 Å². The van der Waals surface area contributed by atoms with E-state index in [-0.39, 0.29) is 12.5 Å². The third-order valence-corrected chi connectivity index (χ3v) is 1.94. The van der Waals surface area contributed by atoms with Crippen LogP contribution in [0.1, 0.15) is 18.4 Å². The Morgan fingerprint density at radius 1 is 1.57 bits per heavy atom. The number of aliphatic hydroxyl groups is 1. The number of hydrogen-bond acceptors (Lipinski definition) is 4. The van der Waals surface area contributed by atoms with Crippen molar-refractivity contribution in [1.82, 2.24) is 15.3 Å². The minimum atomic E-state index is 0.218. The summed E-state index contributed by atoms with van der Waals surface area (Å²) in [6.45, 7) is 5.63. The summed E-state index contributed by atoms with van der Waals surface area (Å²) < 4.78 is 0.